The summed E-state index contributed by atoms with van der Waals surface area (Å²) in [4.78, 5) is 28.1. The quantitative estimate of drug-likeness (QED) is 0.415. The third kappa shape index (κ3) is 3.00. The number of benzene rings is 3. The summed E-state index contributed by atoms with van der Waals surface area (Å²) in [6.45, 7) is 0. The number of tetrazole rings is 1. The van der Waals surface area contributed by atoms with Gasteiger partial charge in [0.05, 0.1) is 16.8 Å². The zero-order valence-electron chi connectivity index (χ0n) is 16.9. The number of rotatable bonds is 4. The summed E-state index contributed by atoms with van der Waals surface area (Å²) in [5, 5.41) is 24.3. The minimum Gasteiger partial charge on any atom is -0.268 e. The van der Waals surface area contributed by atoms with Crippen LogP contribution in [-0.4, -0.2) is 47.8 Å². The topological polar surface area (TPSA) is 133 Å². The number of hydrogen-bond acceptors (Lipinski definition) is 7. The Bertz CT molecular complexity index is 1500. The Morgan fingerprint density at radius 3 is 2.24 bits per heavy atom. The predicted octanol–water partition coefficient (Wildman–Crippen LogP) is 3.12. The maximum atomic E-state index is 13.5. The molecule has 3 heterocycles. The second kappa shape index (κ2) is 7.31. The van der Waals surface area contributed by atoms with Crippen LogP contribution in [0.3, 0.4) is 0 Å². The lowest BCUT2D eigenvalue weighted by atomic mass is 10.0. The van der Waals surface area contributed by atoms with Gasteiger partial charge in [0.15, 0.2) is 5.82 Å². The molecule has 6 rings (SSSR count). The number of nitrogens with one attached hydrogen (secondary N) is 2. The Morgan fingerprint density at radius 2 is 1.48 bits per heavy atom. The standard InChI is InChI=1S/C23H14N8O2/c32-22-16-8-7-15(19-12-24-28-25-19)10-18(16)23(33)31(22)20-11-14(13-4-2-1-3-5-13)6-9-17(20)21-26-29-30-27-21/h1-12H,(H,24,25,28)(H,26,27,29,30). The lowest BCUT2D eigenvalue weighted by Gasteiger charge is -2.18. The van der Waals surface area contributed by atoms with Crippen LogP contribution in [0.15, 0.2) is 72.9 Å². The van der Waals surface area contributed by atoms with Crippen molar-refractivity contribution in [3.8, 4) is 33.8 Å². The fraction of sp³-hybridized carbons (Fsp3) is 0. The van der Waals surface area contributed by atoms with Crippen LogP contribution in [0.4, 0.5) is 5.69 Å². The van der Waals surface area contributed by atoms with Gasteiger partial charge in [-0.3, -0.25) is 14.7 Å². The van der Waals surface area contributed by atoms with Crippen LogP contribution in [0.1, 0.15) is 20.7 Å². The molecular weight excluding hydrogens is 420 g/mol. The Kier molecular flexibility index (Phi) is 4.15. The fourth-order valence-corrected chi connectivity index (χ4v) is 3.96. The number of imide groups is 1. The minimum atomic E-state index is -0.431. The number of H-pyrrole nitrogens is 2. The van der Waals surface area contributed by atoms with Gasteiger partial charge in [-0.25, -0.2) is 10.00 Å². The molecule has 0 fully saturated rings. The summed E-state index contributed by atoms with van der Waals surface area (Å²) in [5.41, 5.74) is 4.60. The van der Waals surface area contributed by atoms with E-state index < -0.39 is 11.8 Å². The molecule has 0 bridgehead atoms. The third-order valence-electron chi connectivity index (χ3n) is 5.55. The van der Waals surface area contributed by atoms with E-state index in [0.29, 0.717) is 39.5 Å². The number of fused-ring (bicyclic) bond motifs is 1. The number of carbonyl (C=O) groups excluding carboxylic acids is 2. The molecule has 33 heavy (non-hydrogen) atoms. The fourth-order valence-electron chi connectivity index (χ4n) is 3.96. The van der Waals surface area contributed by atoms with Gasteiger partial charge in [-0.1, -0.05) is 47.7 Å². The summed E-state index contributed by atoms with van der Waals surface area (Å²) in [7, 11) is 0. The van der Waals surface area contributed by atoms with E-state index >= 15 is 0 Å². The van der Waals surface area contributed by atoms with Crippen LogP contribution >= 0.6 is 0 Å². The van der Waals surface area contributed by atoms with Crippen LogP contribution in [0.25, 0.3) is 33.8 Å². The third-order valence-corrected chi connectivity index (χ3v) is 5.55. The Balaban J connectivity index is 1.50. The molecule has 1 aliphatic rings. The van der Waals surface area contributed by atoms with Crippen LogP contribution in [0, 0.1) is 0 Å². The van der Waals surface area contributed by atoms with E-state index in [0.717, 1.165) is 11.1 Å². The van der Waals surface area contributed by atoms with Gasteiger partial charge in [0.25, 0.3) is 11.8 Å². The zero-order valence-corrected chi connectivity index (χ0v) is 16.9. The van der Waals surface area contributed by atoms with Gasteiger partial charge in [0, 0.05) is 17.3 Å². The summed E-state index contributed by atoms with van der Waals surface area (Å²) >= 11 is 0. The molecule has 2 N–H and O–H groups in total. The Morgan fingerprint density at radius 1 is 0.697 bits per heavy atom. The van der Waals surface area contributed by atoms with Gasteiger partial charge in [0.2, 0.25) is 0 Å². The summed E-state index contributed by atoms with van der Waals surface area (Å²) in [5.74, 6) is -0.496. The Hall–Kier alpha value is -4.99. The SMILES string of the molecule is O=C1c2ccc(-c3c[nH]nn3)cc2C(=O)N1c1cc(-c2ccccc2)ccc1-c1nnn[nH]1. The first-order chi connectivity index (χ1) is 16.2. The molecule has 0 saturated carbocycles. The molecular formula is C23H14N8O2. The number of amides is 2. The molecule has 1 aliphatic heterocycles. The molecule has 0 unspecified atom stereocenters. The number of aromatic amines is 2. The first-order valence-electron chi connectivity index (χ1n) is 10.0. The van der Waals surface area contributed by atoms with Crippen molar-refractivity contribution in [2.24, 2.45) is 0 Å². The van der Waals surface area contributed by atoms with Crippen molar-refractivity contribution in [1.82, 2.24) is 36.0 Å². The van der Waals surface area contributed by atoms with Gasteiger partial charge < -0.3 is 0 Å². The molecule has 2 amide bonds. The van der Waals surface area contributed by atoms with Crippen molar-refractivity contribution in [2.45, 2.75) is 0 Å². The van der Waals surface area contributed by atoms with Crippen molar-refractivity contribution in [2.75, 3.05) is 4.90 Å². The minimum absolute atomic E-state index is 0.298. The van der Waals surface area contributed by atoms with E-state index in [9.17, 15) is 9.59 Å². The lowest BCUT2D eigenvalue weighted by molar-refractivity contribution is 0.0926. The summed E-state index contributed by atoms with van der Waals surface area (Å²) in [6.07, 6.45) is 1.62. The van der Waals surface area contributed by atoms with E-state index in [-0.39, 0.29) is 0 Å². The highest BCUT2D eigenvalue weighted by molar-refractivity contribution is 6.35. The summed E-state index contributed by atoms with van der Waals surface area (Å²) in [6, 6.07) is 20.2. The highest BCUT2D eigenvalue weighted by Gasteiger charge is 2.38. The molecule has 0 aliphatic carbocycles. The highest BCUT2D eigenvalue weighted by Crippen LogP contribution is 2.38. The maximum Gasteiger partial charge on any atom is 0.266 e. The average molecular weight is 434 g/mol. The van der Waals surface area contributed by atoms with Crippen molar-refractivity contribution < 1.29 is 9.59 Å². The van der Waals surface area contributed by atoms with Gasteiger partial charge in [-0.05, 0) is 45.8 Å². The second-order valence-corrected chi connectivity index (χ2v) is 7.41. The maximum absolute atomic E-state index is 13.5. The number of anilines is 1. The smallest absolute Gasteiger partial charge is 0.266 e. The zero-order chi connectivity index (χ0) is 22.4. The molecule has 158 valence electrons. The first kappa shape index (κ1) is 18.8. The van der Waals surface area contributed by atoms with Crippen LogP contribution < -0.4 is 4.90 Å². The molecule has 0 spiro atoms. The first-order valence-corrected chi connectivity index (χ1v) is 10.0. The summed E-state index contributed by atoms with van der Waals surface area (Å²) < 4.78 is 0. The highest BCUT2D eigenvalue weighted by atomic mass is 16.2. The molecule has 5 aromatic rings. The van der Waals surface area contributed by atoms with Gasteiger partial charge in [-0.15, -0.1) is 10.2 Å². The number of nitrogens with zero attached hydrogens (tertiary/aromatic N) is 6. The number of carbonyl (C=O) groups is 2. The van der Waals surface area contributed by atoms with E-state index in [4.69, 9.17) is 0 Å². The Labute approximate surface area is 186 Å². The average Bonchev–Trinajstić information content (AvgIpc) is 3.62. The van der Waals surface area contributed by atoms with E-state index in [1.165, 1.54) is 4.90 Å². The predicted molar refractivity (Wildman–Crippen MR) is 118 cm³/mol. The van der Waals surface area contributed by atoms with Crippen LogP contribution in [-0.2, 0) is 0 Å². The van der Waals surface area contributed by atoms with Gasteiger partial charge in [0.1, 0.15) is 5.69 Å². The van der Waals surface area contributed by atoms with Gasteiger partial charge in [-0.2, -0.15) is 0 Å². The van der Waals surface area contributed by atoms with Crippen molar-refractivity contribution in [1.29, 1.82) is 0 Å². The normalized spacial score (nSPS) is 12.9. The molecule has 0 saturated heterocycles. The number of aromatic nitrogens is 7. The molecule has 0 radical (unpaired) electrons. The second-order valence-electron chi connectivity index (χ2n) is 7.41. The van der Waals surface area contributed by atoms with E-state index in [2.05, 4.69) is 36.0 Å². The van der Waals surface area contributed by atoms with Crippen LogP contribution in [0.2, 0.25) is 0 Å². The molecule has 2 aromatic heterocycles. The van der Waals surface area contributed by atoms with Crippen molar-refractivity contribution in [3.63, 3.8) is 0 Å². The van der Waals surface area contributed by atoms with Crippen molar-refractivity contribution >= 4 is 17.5 Å². The molecule has 3 aromatic carbocycles. The molecule has 10 heteroatoms. The van der Waals surface area contributed by atoms with Crippen molar-refractivity contribution in [3.05, 3.63) is 84.1 Å². The lowest BCUT2D eigenvalue weighted by Crippen LogP contribution is -2.30. The van der Waals surface area contributed by atoms with E-state index in [1.54, 1.807) is 36.5 Å². The van der Waals surface area contributed by atoms with Crippen LogP contribution in [0.5, 0.6) is 0 Å². The number of hydrogen-bond donors (Lipinski definition) is 2. The van der Waals surface area contributed by atoms with E-state index in [1.807, 2.05) is 36.4 Å². The largest absolute Gasteiger partial charge is 0.268 e. The molecule has 0 atom stereocenters. The molecule has 10 nitrogen and oxygen atoms in total. The van der Waals surface area contributed by atoms with Gasteiger partial charge >= 0.3 is 0 Å². The monoisotopic (exact) mass is 434 g/mol.